The van der Waals surface area contributed by atoms with Gasteiger partial charge in [-0.15, -0.1) is 0 Å². The van der Waals surface area contributed by atoms with Crippen molar-refractivity contribution < 1.29 is 9.59 Å². The molecule has 0 saturated carbocycles. The average molecular weight is 366 g/mol. The number of piperidine rings is 1. The second kappa shape index (κ2) is 7.55. The number of hydrogen-bond acceptors (Lipinski definition) is 3. The molecule has 2 bridgehead atoms. The molecule has 4 heterocycles. The molecule has 3 aliphatic rings. The van der Waals surface area contributed by atoms with Crippen molar-refractivity contribution in [1.82, 2.24) is 19.6 Å². The molecule has 1 aromatic carbocycles. The maximum Gasteiger partial charge on any atom is 0.228 e. The van der Waals surface area contributed by atoms with Crippen LogP contribution in [0.1, 0.15) is 30.4 Å². The Labute approximate surface area is 159 Å². The molecule has 2 atom stereocenters. The van der Waals surface area contributed by atoms with Crippen LogP contribution in [0.4, 0.5) is 0 Å². The summed E-state index contributed by atoms with van der Waals surface area (Å²) in [5.74, 6) is 0.289. The molecule has 0 aliphatic carbocycles. The maximum absolute atomic E-state index is 12.9. The lowest BCUT2D eigenvalue weighted by Gasteiger charge is -2.36. The van der Waals surface area contributed by atoms with E-state index in [2.05, 4.69) is 17.2 Å². The van der Waals surface area contributed by atoms with Crippen molar-refractivity contribution in [2.24, 2.45) is 13.0 Å². The molecule has 2 amide bonds. The molecule has 0 N–H and O–H groups in total. The molecule has 2 aromatic rings. The summed E-state index contributed by atoms with van der Waals surface area (Å²) >= 11 is 0. The molecule has 27 heavy (non-hydrogen) atoms. The summed E-state index contributed by atoms with van der Waals surface area (Å²) in [6.45, 7) is 1.85. The van der Waals surface area contributed by atoms with Gasteiger partial charge in [0.2, 0.25) is 11.8 Å². The highest BCUT2D eigenvalue weighted by atomic mass is 16.2. The van der Waals surface area contributed by atoms with Crippen molar-refractivity contribution in [3.8, 4) is 0 Å². The number of amides is 2. The first kappa shape index (κ1) is 17.8. The van der Waals surface area contributed by atoms with Gasteiger partial charge in [-0.25, -0.2) is 0 Å². The van der Waals surface area contributed by atoms with Gasteiger partial charge in [0, 0.05) is 45.3 Å². The van der Waals surface area contributed by atoms with Crippen LogP contribution in [0.3, 0.4) is 0 Å². The van der Waals surface area contributed by atoms with Crippen molar-refractivity contribution >= 4 is 11.8 Å². The first-order valence-electron chi connectivity index (χ1n) is 9.70. The van der Waals surface area contributed by atoms with E-state index in [0.717, 1.165) is 24.0 Å². The van der Waals surface area contributed by atoms with Crippen LogP contribution in [0.15, 0.2) is 42.7 Å². The van der Waals surface area contributed by atoms with Gasteiger partial charge in [-0.3, -0.25) is 14.3 Å². The third-order valence-corrected chi connectivity index (χ3v) is 5.73. The van der Waals surface area contributed by atoms with E-state index < -0.39 is 0 Å². The van der Waals surface area contributed by atoms with Crippen LogP contribution in [0.2, 0.25) is 0 Å². The van der Waals surface area contributed by atoms with E-state index in [9.17, 15) is 9.59 Å². The molecule has 3 aliphatic heterocycles. The van der Waals surface area contributed by atoms with Crippen molar-refractivity contribution in [2.75, 3.05) is 13.1 Å². The number of aromatic nitrogens is 2. The number of benzene rings is 1. The molecule has 0 spiro atoms. The van der Waals surface area contributed by atoms with Gasteiger partial charge in [0.25, 0.3) is 0 Å². The van der Waals surface area contributed by atoms with Crippen LogP contribution < -0.4 is 0 Å². The van der Waals surface area contributed by atoms with Gasteiger partial charge in [-0.1, -0.05) is 30.3 Å². The minimum Gasteiger partial charge on any atom is -0.340 e. The fourth-order valence-electron chi connectivity index (χ4n) is 4.24. The number of rotatable bonds is 5. The summed E-state index contributed by atoms with van der Waals surface area (Å²) in [6.07, 6.45) is 6.80. The van der Waals surface area contributed by atoms with Crippen molar-refractivity contribution in [3.63, 3.8) is 0 Å². The van der Waals surface area contributed by atoms with Gasteiger partial charge in [-0.05, 0) is 30.4 Å². The fourth-order valence-corrected chi connectivity index (χ4v) is 4.24. The zero-order valence-electron chi connectivity index (χ0n) is 15.8. The molecule has 0 unspecified atom stereocenters. The third kappa shape index (κ3) is 3.89. The largest absolute Gasteiger partial charge is 0.340 e. The third-order valence-electron chi connectivity index (χ3n) is 5.73. The van der Waals surface area contributed by atoms with E-state index in [1.165, 1.54) is 0 Å². The second-order valence-corrected chi connectivity index (χ2v) is 7.70. The predicted octanol–water partition coefficient (Wildman–Crippen LogP) is 2.00. The van der Waals surface area contributed by atoms with E-state index >= 15 is 0 Å². The number of fused-ring (bicyclic) bond motifs is 4. The Morgan fingerprint density at radius 2 is 1.96 bits per heavy atom. The number of carbonyl (C=O) groups is 2. The first-order valence-corrected chi connectivity index (χ1v) is 9.70. The summed E-state index contributed by atoms with van der Waals surface area (Å²) in [7, 11) is 1.88. The topological polar surface area (TPSA) is 58.4 Å². The van der Waals surface area contributed by atoms with E-state index in [0.29, 0.717) is 32.5 Å². The standard InChI is InChI=1S/C21H26N4O2/c1-23-12-17(11-22-23)7-10-20(26)24-14-18-8-9-19(15-24)25(21(18)27)13-16-5-3-2-4-6-16/h2-6,11-12,18-19H,7-10,13-15H2,1H3/t18-,19+/m0/s1. The molecular formula is C21H26N4O2. The lowest BCUT2D eigenvalue weighted by Crippen LogP contribution is -2.47. The highest BCUT2D eigenvalue weighted by molar-refractivity contribution is 5.83. The highest BCUT2D eigenvalue weighted by Crippen LogP contribution is 2.30. The van der Waals surface area contributed by atoms with Crippen LogP contribution in [-0.2, 0) is 29.6 Å². The molecular weight excluding hydrogens is 340 g/mol. The first-order chi connectivity index (χ1) is 13.1. The Kier molecular flexibility index (Phi) is 4.97. The monoisotopic (exact) mass is 366 g/mol. The number of aryl methyl sites for hydroxylation is 2. The highest BCUT2D eigenvalue weighted by Gasteiger charge is 2.41. The second-order valence-electron chi connectivity index (χ2n) is 7.70. The zero-order valence-corrected chi connectivity index (χ0v) is 15.8. The number of hydrogen-bond donors (Lipinski definition) is 0. The normalized spacial score (nSPS) is 22.2. The van der Waals surface area contributed by atoms with Crippen molar-refractivity contribution in [3.05, 3.63) is 53.9 Å². The van der Waals surface area contributed by atoms with Gasteiger partial charge < -0.3 is 9.80 Å². The van der Waals surface area contributed by atoms with Crippen molar-refractivity contribution in [2.45, 2.75) is 38.3 Å². The van der Waals surface area contributed by atoms with Crippen molar-refractivity contribution in [1.29, 1.82) is 0 Å². The average Bonchev–Trinajstić information content (AvgIpc) is 2.91. The van der Waals surface area contributed by atoms with Crippen LogP contribution in [0, 0.1) is 5.92 Å². The quantitative estimate of drug-likeness (QED) is 0.813. The van der Waals surface area contributed by atoms with Gasteiger partial charge in [0.05, 0.1) is 12.1 Å². The lowest BCUT2D eigenvalue weighted by atomic mass is 9.93. The summed E-state index contributed by atoms with van der Waals surface area (Å²) in [5, 5.41) is 4.16. The Hall–Kier alpha value is -2.63. The smallest absolute Gasteiger partial charge is 0.228 e. The minimum absolute atomic E-state index is 0.0604. The molecule has 3 saturated heterocycles. The maximum atomic E-state index is 12.9. The minimum atomic E-state index is -0.0604. The molecule has 5 rings (SSSR count). The summed E-state index contributed by atoms with van der Waals surface area (Å²) in [4.78, 5) is 29.6. The summed E-state index contributed by atoms with van der Waals surface area (Å²) in [6, 6.07) is 10.2. The van der Waals surface area contributed by atoms with Crippen LogP contribution in [-0.4, -0.2) is 50.5 Å². The van der Waals surface area contributed by atoms with Crippen LogP contribution in [0.5, 0.6) is 0 Å². The predicted molar refractivity (Wildman–Crippen MR) is 102 cm³/mol. The van der Waals surface area contributed by atoms with Gasteiger partial charge >= 0.3 is 0 Å². The molecule has 6 heteroatoms. The fraction of sp³-hybridized carbons (Fsp3) is 0.476. The van der Waals surface area contributed by atoms with E-state index in [1.807, 2.05) is 47.4 Å². The SMILES string of the molecule is Cn1cc(CCC(=O)N2C[C@@H]3CC[C@H](C2)N(Cc2ccccc2)C3=O)cn1. The van der Waals surface area contributed by atoms with E-state index in [4.69, 9.17) is 0 Å². The number of carbonyl (C=O) groups excluding carboxylic acids is 2. The van der Waals surface area contributed by atoms with Gasteiger partial charge in [0.15, 0.2) is 0 Å². The Morgan fingerprint density at radius 3 is 2.70 bits per heavy atom. The van der Waals surface area contributed by atoms with Crippen LogP contribution in [0.25, 0.3) is 0 Å². The lowest BCUT2D eigenvalue weighted by molar-refractivity contribution is -0.140. The molecule has 0 radical (unpaired) electrons. The molecule has 3 fully saturated rings. The van der Waals surface area contributed by atoms with Crippen LogP contribution >= 0.6 is 0 Å². The Balaban J connectivity index is 1.42. The van der Waals surface area contributed by atoms with E-state index in [-0.39, 0.29) is 23.8 Å². The summed E-state index contributed by atoms with van der Waals surface area (Å²) in [5.41, 5.74) is 2.22. The number of nitrogens with zero attached hydrogens (tertiary/aromatic N) is 4. The Morgan fingerprint density at radius 1 is 1.15 bits per heavy atom. The van der Waals surface area contributed by atoms with Gasteiger partial charge in [0.1, 0.15) is 0 Å². The molecule has 1 aromatic heterocycles. The Bertz CT molecular complexity index is 817. The van der Waals surface area contributed by atoms with Gasteiger partial charge in [-0.2, -0.15) is 5.10 Å². The molecule has 6 nitrogen and oxygen atoms in total. The van der Waals surface area contributed by atoms with E-state index in [1.54, 1.807) is 4.68 Å². The summed E-state index contributed by atoms with van der Waals surface area (Å²) < 4.78 is 1.76. The molecule has 142 valence electrons. The zero-order chi connectivity index (χ0) is 18.8.